The van der Waals surface area contributed by atoms with E-state index in [1.807, 2.05) is 38.1 Å². The number of carbonyl (C=O) groups is 1. The predicted octanol–water partition coefficient (Wildman–Crippen LogP) is 3.63. The zero-order valence-electron chi connectivity index (χ0n) is 12.9. The number of amides is 2. The molecular weight excluding hydrogens is 252 g/mol. The molecule has 4 nitrogen and oxygen atoms in total. The summed E-state index contributed by atoms with van der Waals surface area (Å²) >= 11 is 0. The minimum atomic E-state index is -0.111. The summed E-state index contributed by atoms with van der Waals surface area (Å²) in [6, 6.07) is 7.99. The molecule has 0 heterocycles. The molecule has 0 radical (unpaired) electrons. The van der Waals surface area contributed by atoms with Crippen molar-refractivity contribution in [1.82, 2.24) is 10.6 Å². The van der Waals surface area contributed by atoms with E-state index in [0.717, 1.165) is 24.2 Å². The van der Waals surface area contributed by atoms with Crippen LogP contribution in [0.2, 0.25) is 0 Å². The fourth-order valence-electron chi connectivity index (χ4n) is 1.91. The first kappa shape index (κ1) is 16.3. The number of urea groups is 1. The SMILES string of the molecule is CCOc1ccc([C@H](CC)NC(=O)N[C@@H](C)CC)cc1. The van der Waals surface area contributed by atoms with E-state index in [9.17, 15) is 4.79 Å². The second kappa shape index (κ2) is 8.46. The molecule has 0 fully saturated rings. The van der Waals surface area contributed by atoms with Gasteiger partial charge in [0.25, 0.3) is 0 Å². The predicted molar refractivity (Wildman–Crippen MR) is 82.1 cm³/mol. The Morgan fingerprint density at radius 2 is 1.75 bits per heavy atom. The quantitative estimate of drug-likeness (QED) is 0.800. The van der Waals surface area contributed by atoms with Gasteiger partial charge in [-0.15, -0.1) is 0 Å². The maximum absolute atomic E-state index is 11.9. The van der Waals surface area contributed by atoms with E-state index in [0.29, 0.717) is 6.61 Å². The van der Waals surface area contributed by atoms with Gasteiger partial charge in [0.15, 0.2) is 0 Å². The second-order valence-corrected chi connectivity index (χ2v) is 4.89. The fraction of sp³-hybridized carbons (Fsp3) is 0.562. The van der Waals surface area contributed by atoms with Crippen LogP contribution < -0.4 is 15.4 Å². The van der Waals surface area contributed by atoms with Crippen molar-refractivity contribution in [1.29, 1.82) is 0 Å². The lowest BCUT2D eigenvalue weighted by Gasteiger charge is -2.20. The topological polar surface area (TPSA) is 50.4 Å². The molecule has 0 aliphatic heterocycles. The maximum Gasteiger partial charge on any atom is 0.315 e. The van der Waals surface area contributed by atoms with E-state index in [-0.39, 0.29) is 18.1 Å². The van der Waals surface area contributed by atoms with E-state index in [1.54, 1.807) is 0 Å². The molecule has 4 heteroatoms. The number of rotatable bonds is 7. The van der Waals surface area contributed by atoms with Crippen molar-refractivity contribution in [2.45, 2.75) is 52.6 Å². The number of hydrogen-bond donors (Lipinski definition) is 2. The highest BCUT2D eigenvalue weighted by Gasteiger charge is 2.13. The molecule has 1 rings (SSSR count). The Morgan fingerprint density at radius 1 is 1.10 bits per heavy atom. The van der Waals surface area contributed by atoms with Crippen LogP contribution in [0.1, 0.15) is 52.1 Å². The van der Waals surface area contributed by atoms with Crippen LogP contribution in [0.4, 0.5) is 4.79 Å². The van der Waals surface area contributed by atoms with Crippen molar-refractivity contribution >= 4 is 6.03 Å². The number of ether oxygens (including phenoxy) is 1. The van der Waals surface area contributed by atoms with Crippen LogP contribution in [0.3, 0.4) is 0 Å². The Kier molecular flexibility index (Phi) is 6.91. The van der Waals surface area contributed by atoms with E-state index in [4.69, 9.17) is 4.74 Å². The zero-order chi connectivity index (χ0) is 15.0. The standard InChI is InChI=1S/C16H26N2O2/c1-5-12(4)17-16(19)18-15(6-2)13-8-10-14(11-9-13)20-7-3/h8-12,15H,5-7H2,1-4H3,(H2,17,18,19)/t12-,15-/m0/s1. The number of nitrogens with one attached hydrogen (secondary N) is 2. The monoisotopic (exact) mass is 278 g/mol. The lowest BCUT2D eigenvalue weighted by Crippen LogP contribution is -2.42. The minimum Gasteiger partial charge on any atom is -0.494 e. The van der Waals surface area contributed by atoms with Gasteiger partial charge in [0.2, 0.25) is 0 Å². The molecule has 20 heavy (non-hydrogen) atoms. The minimum absolute atomic E-state index is 0.0229. The molecule has 0 aliphatic rings. The maximum atomic E-state index is 11.9. The van der Waals surface area contributed by atoms with Gasteiger partial charge >= 0.3 is 6.03 Å². The Morgan fingerprint density at radius 3 is 2.25 bits per heavy atom. The van der Waals surface area contributed by atoms with Crippen molar-refractivity contribution in [3.05, 3.63) is 29.8 Å². The van der Waals surface area contributed by atoms with Crippen LogP contribution >= 0.6 is 0 Å². The summed E-state index contributed by atoms with van der Waals surface area (Å²) in [5.41, 5.74) is 1.09. The van der Waals surface area contributed by atoms with Crippen LogP contribution in [0, 0.1) is 0 Å². The molecular formula is C16H26N2O2. The zero-order valence-corrected chi connectivity index (χ0v) is 12.9. The van der Waals surface area contributed by atoms with Gasteiger partial charge in [-0.2, -0.15) is 0 Å². The number of hydrogen-bond acceptors (Lipinski definition) is 2. The van der Waals surface area contributed by atoms with E-state index >= 15 is 0 Å². The van der Waals surface area contributed by atoms with Crippen molar-refractivity contribution in [2.75, 3.05) is 6.61 Å². The molecule has 2 atom stereocenters. The third-order valence-corrected chi connectivity index (χ3v) is 3.30. The van der Waals surface area contributed by atoms with Gasteiger partial charge in [0, 0.05) is 6.04 Å². The first-order valence-electron chi connectivity index (χ1n) is 7.40. The van der Waals surface area contributed by atoms with Gasteiger partial charge in [-0.1, -0.05) is 26.0 Å². The lowest BCUT2D eigenvalue weighted by molar-refractivity contribution is 0.233. The normalized spacial score (nSPS) is 13.4. The summed E-state index contributed by atoms with van der Waals surface area (Å²) < 4.78 is 5.42. The molecule has 0 bridgehead atoms. The Labute approximate surface area is 121 Å². The first-order valence-corrected chi connectivity index (χ1v) is 7.40. The summed E-state index contributed by atoms with van der Waals surface area (Å²) in [6.45, 7) is 8.73. The highest BCUT2D eigenvalue weighted by molar-refractivity contribution is 5.74. The molecule has 1 aromatic rings. The van der Waals surface area contributed by atoms with Crippen molar-refractivity contribution in [2.24, 2.45) is 0 Å². The van der Waals surface area contributed by atoms with E-state index in [1.165, 1.54) is 0 Å². The van der Waals surface area contributed by atoms with Crippen LogP contribution in [0.5, 0.6) is 5.75 Å². The molecule has 0 unspecified atom stereocenters. The molecule has 112 valence electrons. The van der Waals surface area contributed by atoms with Crippen molar-refractivity contribution < 1.29 is 9.53 Å². The van der Waals surface area contributed by atoms with Crippen LogP contribution in [-0.2, 0) is 0 Å². The fourth-order valence-corrected chi connectivity index (χ4v) is 1.91. The summed E-state index contributed by atoms with van der Waals surface area (Å²) in [7, 11) is 0. The summed E-state index contributed by atoms with van der Waals surface area (Å²) in [5, 5.41) is 5.93. The van der Waals surface area contributed by atoms with Gasteiger partial charge in [0.05, 0.1) is 12.6 Å². The molecule has 2 amide bonds. The molecule has 0 spiro atoms. The van der Waals surface area contributed by atoms with Gasteiger partial charge < -0.3 is 15.4 Å². The molecule has 0 aliphatic carbocycles. The Balaban J connectivity index is 2.63. The Hall–Kier alpha value is -1.71. The molecule has 0 saturated heterocycles. The smallest absolute Gasteiger partial charge is 0.315 e. The van der Waals surface area contributed by atoms with E-state index < -0.39 is 0 Å². The van der Waals surface area contributed by atoms with Gasteiger partial charge in [-0.05, 0) is 44.4 Å². The first-order chi connectivity index (χ1) is 9.60. The average molecular weight is 278 g/mol. The third-order valence-electron chi connectivity index (χ3n) is 3.30. The van der Waals surface area contributed by atoms with Crippen molar-refractivity contribution in [3.63, 3.8) is 0 Å². The largest absolute Gasteiger partial charge is 0.494 e. The van der Waals surface area contributed by atoms with Gasteiger partial charge in [0.1, 0.15) is 5.75 Å². The van der Waals surface area contributed by atoms with Gasteiger partial charge in [-0.3, -0.25) is 0 Å². The molecule has 0 aromatic heterocycles. The lowest BCUT2D eigenvalue weighted by atomic mass is 10.0. The second-order valence-electron chi connectivity index (χ2n) is 4.89. The van der Waals surface area contributed by atoms with Gasteiger partial charge in [-0.25, -0.2) is 4.79 Å². The summed E-state index contributed by atoms with van der Waals surface area (Å²) in [6.07, 6.45) is 1.77. The molecule has 0 saturated carbocycles. The van der Waals surface area contributed by atoms with Crippen LogP contribution in [0.15, 0.2) is 24.3 Å². The van der Waals surface area contributed by atoms with Crippen molar-refractivity contribution in [3.8, 4) is 5.75 Å². The summed E-state index contributed by atoms with van der Waals surface area (Å²) in [4.78, 5) is 11.9. The number of benzene rings is 1. The molecule has 2 N–H and O–H groups in total. The average Bonchev–Trinajstić information content (AvgIpc) is 2.46. The highest BCUT2D eigenvalue weighted by Crippen LogP contribution is 2.20. The highest BCUT2D eigenvalue weighted by atomic mass is 16.5. The van der Waals surface area contributed by atoms with E-state index in [2.05, 4.69) is 24.5 Å². The third kappa shape index (κ3) is 5.11. The van der Waals surface area contributed by atoms with Crippen LogP contribution in [-0.4, -0.2) is 18.7 Å². The van der Waals surface area contributed by atoms with Crippen LogP contribution in [0.25, 0.3) is 0 Å². The Bertz CT molecular complexity index is 403. The molecule has 1 aromatic carbocycles. The number of carbonyl (C=O) groups excluding carboxylic acids is 1. The summed E-state index contributed by atoms with van der Waals surface area (Å²) in [5.74, 6) is 0.857.